The third-order valence-electron chi connectivity index (χ3n) is 9.59. The van der Waals surface area contributed by atoms with Gasteiger partial charge in [0, 0.05) is 44.4 Å². The maximum atomic E-state index is 13.1. The number of amides is 1. The first-order chi connectivity index (χ1) is 22.6. The lowest BCUT2D eigenvalue weighted by Crippen LogP contribution is -2.34. The Hall–Kier alpha value is -4.37. The standard InChI is InChI=1S/C38H47N5O4/c1-37(2)14-15-38(3,4)31-21-33(45-5)27(20-30(31)37)19-28-11-12-32(47-28)35(44)41-23-26-9-6-8-25(18-26)22-40-34-13-16-39-36(43-34)42-24-29-10-7-17-46-29/h6,8-9,11-13,16,18,20-21,29H,7,10,14-15,17,19,22-24H2,1-5H3,(H,41,44)(H2,39,40,42,43). The summed E-state index contributed by atoms with van der Waals surface area (Å²) in [6.45, 7) is 11.8. The van der Waals surface area contributed by atoms with Crippen molar-refractivity contribution in [3.63, 3.8) is 0 Å². The van der Waals surface area contributed by atoms with E-state index >= 15 is 0 Å². The highest BCUT2D eigenvalue weighted by atomic mass is 16.5. The SMILES string of the molecule is COc1cc2c(cc1Cc1ccc(C(=O)NCc3cccc(CNc4ccnc(NCC5CCCO5)n4)c3)o1)C(C)(C)CCC2(C)C. The number of aromatic nitrogens is 2. The van der Waals surface area contributed by atoms with Gasteiger partial charge in [0.2, 0.25) is 5.95 Å². The second-order valence-electron chi connectivity index (χ2n) is 14.1. The highest BCUT2D eigenvalue weighted by molar-refractivity contribution is 5.91. The Morgan fingerprint density at radius 2 is 1.72 bits per heavy atom. The van der Waals surface area contributed by atoms with Crippen molar-refractivity contribution in [2.45, 2.75) is 89.8 Å². The number of rotatable bonds is 12. The highest BCUT2D eigenvalue weighted by Gasteiger charge is 2.38. The molecule has 3 heterocycles. The third-order valence-corrected chi connectivity index (χ3v) is 9.59. The molecule has 9 nitrogen and oxygen atoms in total. The molecule has 0 bridgehead atoms. The van der Waals surface area contributed by atoms with Crippen molar-refractivity contribution < 1.29 is 18.7 Å². The molecule has 9 heteroatoms. The number of carbonyl (C=O) groups excluding carboxylic acids is 1. The predicted molar refractivity (Wildman–Crippen MR) is 184 cm³/mol. The molecule has 0 radical (unpaired) electrons. The molecular weight excluding hydrogens is 590 g/mol. The van der Waals surface area contributed by atoms with E-state index in [0.717, 1.165) is 66.3 Å². The number of anilines is 2. The number of hydrogen-bond donors (Lipinski definition) is 3. The number of carbonyl (C=O) groups is 1. The molecule has 1 saturated heterocycles. The van der Waals surface area contributed by atoms with Crippen molar-refractivity contribution in [3.05, 3.63) is 100 Å². The fourth-order valence-corrected chi connectivity index (χ4v) is 6.61. The van der Waals surface area contributed by atoms with Crippen molar-refractivity contribution in [3.8, 4) is 5.75 Å². The van der Waals surface area contributed by atoms with Gasteiger partial charge < -0.3 is 29.8 Å². The van der Waals surface area contributed by atoms with Gasteiger partial charge in [-0.2, -0.15) is 4.98 Å². The van der Waals surface area contributed by atoms with Gasteiger partial charge in [0.25, 0.3) is 5.91 Å². The molecule has 2 aromatic carbocycles. The number of benzene rings is 2. The van der Waals surface area contributed by atoms with Crippen LogP contribution in [-0.4, -0.2) is 42.2 Å². The average molecular weight is 638 g/mol. The van der Waals surface area contributed by atoms with Crippen molar-refractivity contribution in [2.24, 2.45) is 0 Å². The van der Waals surface area contributed by atoms with Crippen LogP contribution in [0.2, 0.25) is 0 Å². The van der Waals surface area contributed by atoms with E-state index in [-0.39, 0.29) is 22.8 Å². The van der Waals surface area contributed by atoms with Crippen LogP contribution in [0.25, 0.3) is 0 Å². The monoisotopic (exact) mass is 637 g/mol. The largest absolute Gasteiger partial charge is 0.496 e. The van der Waals surface area contributed by atoms with Crippen LogP contribution in [0.4, 0.5) is 11.8 Å². The Balaban J connectivity index is 1.04. The van der Waals surface area contributed by atoms with Gasteiger partial charge in [-0.15, -0.1) is 0 Å². The number of methoxy groups -OCH3 is 1. The molecule has 1 aliphatic heterocycles. The van der Waals surface area contributed by atoms with Crippen LogP contribution in [0.3, 0.4) is 0 Å². The fourth-order valence-electron chi connectivity index (χ4n) is 6.61. The Kier molecular flexibility index (Phi) is 9.55. The second-order valence-corrected chi connectivity index (χ2v) is 14.1. The van der Waals surface area contributed by atoms with Crippen LogP contribution in [0.15, 0.2) is 65.2 Å². The molecule has 2 aliphatic rings. The molecule has 4 aromatic rings. The summed E-state index contributed by atoms with van der Waals surface area (Å²) in [4.78, 5) is 21.9. The lowest BCUT2D eigenvalue weighted by atomic mass is 9.63. The molecule has 1 aliphatic carbocycles. The van der Waals surface area contributed by atoms with Crippen LogP contribution < -0.4 is 20.7 Å². The first kappa shape index (κ1) is 32.6. The molecule has 1 amide bonds. The highest BCUT2D eigenvalue weighted by Crippen LogP contribution is 2.48. The van der Waals surface area contributed by atoms with Crippen molar-refractivity contribution in [2.75, 3.05) is 30.9 Å². The van der Waals surface area contributed by atoms with Gasteiger partial charge in [0.15, 0.2) is 5.76 Å². The first-order valence-corrected chi connectivity index (χ1v) is 16.7. The van der Waals surface area contributed by atoms with E-state index in [1.54, 1.807) is 19.4 Å². The molecule has 2 aromatic heterocycles. The van der Waals surface area contributed by atoms with Crippen LogP contribution in [0.5, 0.6) is 5.75 Å². The van der Waals surface area contributed by atoms with Gasteiger partial charge in [0.05, 0.1) is 13.2 Å². The number of ether oxygens (including phenoxy) is 2. The summed E-state index contributed by atoms with van der Waals surface area (Å²) in [5.74, 6) is 2.95. The van der Waals surface area contributed by atoms with E-state index < -0.39 is 0 Å². The van der Waals surface area contributed by atoms with E-state index in [0.29, 0.717) is 37.8 Å². The smallest absolute Gasteiger partial charge is 0.287 e. The summed E-state index contributed by atoms with van der Waals surface area (Å²) >= 11 is 0. The maximum Gasteiger partial charge on any atom is 0.287 e. The summed E-state index contributed by atoms with van der Waals surface area (Å²) in [6, 6.07) is 18.1. The van der Waals surface area contributed by atoms with Gasteiger partial charge in [-0.1, -0.05) is 58.0 Å². The Morgan fingerprint density at radius 1 is 0.957 bits per heavy atom. The summed E-state index contributed by atoms with van der Waals surface area (Å²) in [5.41, 5.74) is 6.06. The van der Waals surface area contributed by atoms with E-state index in [4.69, 9.17) is 13.9 Å². The Labute approximate surface area is 277 Å². The lowest BCUT2D eigenvalue weighted by Gasteiger charge is -2.42. The normalized spacial score (nSPS) is 17.9. The minimum absolute atomic E-state index is 0.0920. The second kappa shape index (κ2) is 13.8. The molecule has 1 atom stereocenters. The Morgan fingerprint density at radius 3 is 2.47 bits per heavy atom. The predicted octanol–water partition coefficient (Wildman–Crippen LogP) is 7.15. The maximum absolute atomic E-state index is 13.1. The zero-order valence-corrected chi connectivity index (χ0v) is 28.2. The van der Waals surface area contributed by atoms with Crippen LogP contribution in [0, 0.1) is 0 Å². The zero-order valence-electron chi connectivity index (χ0n) is 28.2. The molecule has 1 fully saturated rings. The van der Waals surface area contributed by atoms with Gasteiger partial charge in [-0.3, -0.25) is 4.79 Å². The van der Waals surface area contributed by atoms with Crippen molar-refractivity contribution >= 4 is 17.7 Å². The number of nitrogens with one attached hydrogen (secondary N) is 3. The average Bonchev–Trinajstić information content (AvgIpc) is 3.77. The summed E-state index contributed by atoms with van der Waals surface area (Å²) in [5, 5.41) is 9.64. The molecule has 1 unspecified atom stereocenters. The lowest BCUT2D eigenvalue weighted by molar-refractivity contribution is 0.0921. The number of hydrogen-bond acceptors (Lipinski definition) is 8. The summed E-state index contributed by atoms with van der Waals surface area (Å²) in [6.07, 6.45) is 6.96. The van der Waals surface area contributed by atoms with Crippen molar-refractivity contribution in [1.29, 1.82) is 0 Å². The molecule has 248 valence electrons. The summed E-state index contributed by atoms with van der Waals surface area (Å²) < 4.78 is 17.5. The van der Waals surface area contributed by atoms with E-state index in [9.17, 15) is 4.79 Å². The minimum Gasteiger partial charge on any atom is -0.496 e. The molecule has 47 heavy (non-hydrogen) atoms. The number of furan rings is 1. The number of fused-ring (bicyclic) bond motifs is 1. The molecular formula is C38H47N5O4. The van der Waals surface area contributed by atoms with Gasteiger partial charge in [-0.05, 0) is 83.0 Å². The van der Waals surface area contributed by atoms with Crippen LogP contribution in [0.1, 0.15) is 97.5 Å². The fraction of sp³-hybridized carbons (Fsp3) is 0.447. The van der Waals surface area contributed by atoms with Crippen LogP contribution >= 0.6 is 0 Å². The Bertz CT molecular complexity index is 1710. The number of nitrogens with zero attached hydrogens (tertiary/aromatic N) is 2. The van der Waals surface area contributed by atoms with Gasteiger partial charge >= 0.3 is 0 Å². The van der Waals surface area contributed by atoms with Gasteiger partial charge in [0.1, 0.15) is 17.3 Å². The topological polar surface area (TPSA) is 111 Å². The van der Waals surface area contributed by atoms with E-state index in [1.807, 2.05) is 30.3 Å². The molecule has 0 spiro atoms. The molecule has 0 saturated carbocycles. The molecule has 3 N–H and O–H groups in total. The van der Waals surface area contributed by atoms with Crippen LogP contribution in [-0.2, 0) is 35.1 Å². The summed E-state index contributed by atoms with van der Waals surface area (Å²) in [7, 11) is 1.72. The third kappa shape index (κ3) is 7.79. The minimum atomic E-state index is -0.246. The first-order valence-electron chi connectivity index (χ1n) is 16.7. The zero-order chi connectivity index (χ0) is 33.0. The van der Waals surface area contributed by atoms with Crippen molar-refractivity contribution in [1.82, 2.24) is 15.3 Å². The quantitative estimate of drug-likeness (QED) is 0.150. The van der Waals surface area contributed by atoms with E-state index in [1.165, 1.54) is 11.1 Å². The molecule has 6 rings (SSSR count). The van der Waals surface area contributed by atoms with Gasteiger partial charge in [-0.25, -0.2) is 4.98 Å². The van der Waals surface area contributed by atoms with E-state index in [2.05, 4.69) is 71.8 Å².